The highest BCUT2D eigenvalue weighted by Crippen LogP contribution is 2.44. The van der Waals surface area contributed by atoms with Crippen molar-refractivity contribution in [2.45, 2.75) is 110 Å². The lowest BCUT2D eigenvalue weighted by atomic mass is 9.85. The number of fused-ring (bicyclic) bond motifs is 5. The molecule has 1 unspecified atom stereocenters. The average molecular weight is 947 g/mol. The highest BCUT2D eigenvalue weighted by atomic mass is 35.5. The Morgan fingerprint density at radius 3 is 2.32 bits per heavy atom. The SMILES string of the molecule is CC(C)(C)CC(=O)N1CCC(O)C1.CN1CCN(c2ccc3c(c2)-n2c(nc(=O)c4c(Cl)cccc42)C3(C)C)CC1.C[C@H](NC=O)c1ccc(-c2ccn[nH]2)cc1.c1n[nH]nc1C1CCCCC1. The number of halogens is 1. The molecule has 2 amide bonds. The van der Waals surface area contributed by atoms with Crippen molar-refractivity contribution in [1.29, 1.82) is 0 Å². The van der Waals surface area contributed by atoms with E-state index >= 15 is 0 Å². The Morgan fingerprint density at radius 2 is 1.71 bits per heavy atom. The maximum atomic E-state index is 12.7. The van der Waals surface area contributed by atoms with E-state index in [1.54, 1.807) is 17.2 Å². The fourth-order valence-corrected chi connectivity index (χ4v) is 9.66. The second-order valence-electron chi connectivity index (χ2n) is 20.2. The molecule has 1 saturated carbocycles. The van der Waals surface area contributed by atoms with Crippen molar-refractivity contribution in [3.8, 4) is 16.9 Å². The highest BCUT2D eigenvalue weighted by molar-refractivity contribution is 6.35. The molecule has 68 heavy (non-hydrogen) atoms. The number of H-pyrrole nitrogens is 2. The monoisotopic (exact) mass is 946 g/mol. The van der Waals surface area contributed by atoms with E-state index in [0.717, 1.165) is 78.7 Å². The summed E-state index contributed by atoms with van der Waals surface area (Å²) in [5.41, 5.74) is 8.07. The largest absolute Gasteiger partial charge is 0.391 e. The molecule has 2 atom stereocenters. The summed E-state index contributed by atoms with van der Waals surface area (Å²) in [6.07, 6.45) is 12.0. The van der Waals surface area contributed by atoms with Crippen LogP contribution in [0, 0.1) is 5.41 Å². The number of amides is 2. The second-order valence-corrected chi connectivity index (χ2v) is 20.6. The molecule has 0 radical (unpaired) electrons. The number of aliphatic hydroxyl groups excluding tert-OH is 1. The molecule has 3 aliphatic heterocycles. The first-order valence-corrected chi connectivity index (χ1v) is 24.3. The van der Waals surface area contributed by atoms with E-state index in [-0.39, 0.29) is 34.4 Å². The van der Waals surface area contributed by atoms with Gasteiger partial charge < -0.3 is 25.1 Å². The number of anilines is 1. The Morgan fingerprint density at radius 1 is 0.971 bits per heavy atom. The summed E-state index contributed by atoms with van der Waals surface area (Å²) in [6.45, 7) is 17.8. The second kappa shape index (κ2) is 22.0. The summed E-state index contributed by atoms with van der Waals surface area (Å²) in [5, 5.41) is 30.3. The van der Waals surface area contributed by atoms with Crippen LogP contribution in [0.2, 0.25) is 5.02 Å². The van der Waals surface area contributed by atoms with Gasteiger partial charge in [0, 0.05) is 63.5 Å². The van der Waals surface area contributed by atoms with E-state index in [9.17, 15) is 19.5 Å². The Balaban J connectivity index is 0.000000146. The summed E-state index contributed by atoms with van der Waals surface area (Å²) >= 11 is 6.36. The van der Waals surface area contributed by atoms with Crippen LogP contribution in [0.1, 0.15) is 121 Å². The van der Waals surface area contributed by atoms with Crippen molar-refractivity contribution in [3.63, 3.8) is 0 Å². The number of β-amino-alcohol motifs (C(OH)–C–C–N with tert-alkyl or cyclic N) is 1. The van der Waals surface area contributed by atoms with Crippen LogP contribution in [0.4, 0.5) is 5.69 Å². The third-order valence-corrected chi connectivity index (χ3v) is 13.7. The first kappa shape index (κ1) is 50.0. The van der Waals surface area contributed by atoms with Gasteiger partial charge >= 0.3 is 0 Å². The van der Waals surface area contributed by atoms with Gasteiger partial charge in [-0.15, -0.1) is 0 Å². The molecule has 6 heterocycles. The van der Waals surface area contributed by atoms with Gasteiger partial charge in [0.1, 0.15) is 5.82 Å². The summed E-state index contributed by atoms with van der Waals surface area (Å²) in [5.74, 6) is 1.63. The van der Waals surface area contributed by atoms with Crippen LogP contribution in [0.15, 0.2) is 83.9 Å². The number of rotatable bonds is 7. The molecule has 2 saturated heterocycles. The molecule has 0 spiro atoms. The minimum atomic E-state index is -0.342. The summed E-state index contributed by atoms with van der Waals surface area (Å²) in [7, 11) is 2.16. The van der Waals surface area contributed by atoms with Crippen molar-refractivity contribution in [2.75, 3.05) is 51.2 Å². The fraction of sp³-hybridized carbons (Fsp3) is 0.481. The van der Waals surface area contributed by atoms with Gasteiger partial charge in [-0.1, -0.05) is 88.0 Å². The molecule has 4 N–H and O–H groups in total. The minimum absolute atomic E-state index is 0.0355. The van der Waals surface area contributed by atoms with Gasteiger partial charge in [0.05, 0.1) is 56.8 Å². The zero-order valence-electron chi connectivity index (χ0n) is 40.6. The number of likely N-dealkylation sites (tertiary alicyclic amines) is 1. The normalized spacial score (nSPS) is 18.2. The lowest BCUT2D eigenvalue weighted by molar-refractivity contribution is -0.132. The van der Waals surface area contributed by atoms with E-state index in [1.807, 2.05) is 55.6 Å². The number of aromatic nitrogens is 7. The number of hydrogen-bond donors (Lipinski definition) is 4. The Labute approximate surface area is 404 Å². The van der Waals surface area contributed by atoms with E-state index in [0.29, 0.717) is 35.7 Å². The van der Waals surface area contributed by atoms with Gasteiger partial charge in [0.2, 0.25) is 12.3 Å². The molecule has 3 fully saturated rings. The molecule has 0 bridgehead atoms. The molecule has 16 heteroatoms. The molecule has 4 aliphatic rings. The smallest absolute Gasteiger partial charge is 0.282 e. The average Bonchev–Trinajstić information content (AvgIpc) is 4.17. The number of nitrogens with one attached hydrogen (secondary N) is 3. The Kier molecular flexibility index (Phi) is 16.2. The predicted octanol–water partition coefficient (Wildman–Crippen LogP) is 8.18. The van der Waals surface area contributed by atoms with E-state index in [1.165, 1.54) is 43.4 Å². The molecule has 1 aliphatic carbocycles. The number of nitrogens with zero attached hydrogens (tertiary/aromatic N) is 8. The lowest BCUT2D eigenvalue weighted by Crippen LogP contribution is -2.44. The van der Waals surface area contributed by atoms with Crippen LogP contribution >= 0.6 is 11.6 Å². The van der Waals surface area contributed by atoms with Crippen LogP contribution in [0.25, 0.3) is 27.8 Å². The van der Waals surface area contributed by atoms with E-state index in [2.05, 4.69) is 110 Å². The van der Waals surface area contributed by atoms with Gasteiger partial charge in [0.15, 0.2) is 0 Å². The van der Waals surface area contributed by atoms with Crippen molar-refractivity contribution in [1.82, 2.24) is 50.3 Å². The molecule has 3 aromatic carbocycles. The van der Waals surface area contributed by atoms with E-state index < -0.39 is 0 Å². The topological polar surface area (TPSA) is 181 Å². The number of carbonyl (C=O) groups is 2. The molecule has 10 rings (SSSR count). The van der Waals surface area contributed by atoms with Gasteiger partial charge in [-0.25, -0.2) is 0 Å². The fourth-order valence-electron chi connectivity index (χ4n) is 9.41. The van der Waals surface area contributed by atoms with E-state index in [4.69, 9.17) is 11.6 Å². The number of benzene rings is 3. The van der Waals surface area contributed by atoms with Gasteiger partial charge in [-0.2, -0.15) is 25.5 Å². The first-order valence-electron chi connectivity index (χ1n) is 23.9. The quantitative estimate of drug-likeness (QED) is 0.114. The van der Waals surface area contributed by atoms with Crippen LogP contribution < -0.4 is 15.8 Å². The molecule has 3 aromatic heterocycles. The maximum absolute atomic E-state index is 12.7. The number of aromatic amines is 2. The number of likely N-dealkylation sites (N-methyl/N-ethyl adjacent to an activating group) is 1. The summed E-state index contributed by atoms with van der Waals surface area (Å²) < 4.78 is 2.12. The zero-order chi connectivity index (χ0) is 48.6. The Bertz CT molecular complexity index is 2650. The molecular formula is C52H68ClN11O4. The molecule has 15 nitrogen and oxygen atoms in total. The predicted molar refractivity (Wildman–Crippen MR) is 269 cm³/mol. The van der Waals surface area contributed by atoms with Crippen molar-refractivity contribution >= 4 is 40.5 Å². The van der Waals surface area contributed by atoms with Gasteiger partial charge in [-0.05, 0) is 99.5 Å². The standard InChI is InChI=1S/C22H23ClN4O.C12H13N3O.C10H19NO2.C8H13N3/c1-22(2)15-8-7-14(26-11-9-25(3)10-12-26)13-18(15)27-17-6-4-5-16(23)19(17)20(28)24-21(22)27;1-9(13-8-16)10-2-4-11(5-3-10)12-6-7-14-15-12;1-10(2,3)6-9(13)11-5-4-8(12)7-11;1-2-4-7(5-3-1)8-6-9-11-10-8/h4-8,13H,9-12H2,1-3H3;2-9H,1H3,(H,13,16)(H,14,15);8,12H,4-7H2,1-3H3;6-7H,1-5H2,(H,9,10,11)/t;9-;;/m.0../s1. The van der Waals surface area contributed by atoms with Crippen molar-refractivity contribution in [2.24, 2.45) is 5.41 Å². The third kappa shape index (κ3) is 12.0. The molecular weight excluding hydrogens is 878 g/mol. The van der Waals surface area contributed by atoms with Crippen LogP contribution in [0.3, 0.4) is 0 Å². The number of hydrogen-bond acceptors (Lipinski definition) is 10. The van der Waals surface area contributed by atoms with Gasteiger partial charge in [0.25, 0.3) is 5.56 Å². The third-order valence-electron chi connectivity index (χ3n) is 13.4. The zero-order valence-corrected chi connectivity index (χ0v) is 41.4. The first-order chi connectivity index (χ1) is 32.5. The molecule has 6 aromatic rings. The van der Waals surface area contributed by atoms with Crippen LogP contribution in [-0.4, -0.2) is 115 Å². The lowest BCUT2D eigenvalue weighted by Gasteiger charge is -2.34. The Hall–Kier alpha value is -5.90. The number of aliphatic hydroxyl groups is 1. The van der Waals surface area contributed by atoms with Gasteiger partial charge in [-0.3, -0.25) is 24.0 Å². The number of carbonyl (C=O) groups excluding carboxylic acids is 2. The maximum Gasteiger partial charge on any atom is 0.282 e. The van der Waals surface area contributed by atoms with Crippen molar-refractivity contribution in [3.05, 3.63) is 117 Å². The molecule has 362 valence electrons. The number of piperazine rings is 1. The van der Waals surface area contributed by atoms with Crippen LogP contribution in [-0.2, 0) is 15.0 Å². The minimum Gasteiger partial charge on any atom is -0.391 e. The van der Waals surface area contributed by atoms with Crippen LogP contribution in [0.5, 0.6) is 0 Å². The summed E-state index contributed by atoms with van der Waals surface area (Å²) in [4.78, 5) is 45.7. The highest BCUT2D eigenvalue weighted by Gasteiger charge is 2.39. The van der Waals surface area contributed by atoms with Crippen molar-refractivity contribution < 1.29 is 14.7 Å². The summed E-state index contributed by atoms with van der Waals surface area (Å²) in [6, 6.07) is 22.2.